The lowest BCUT2D eigenvalue weighted by molar-refractivity contribution is 0.416. The molecule has 0 radical (unpaired) electrons. The summed E-state index contributed by atoms with van der Waals surface area (Å²) < 4.78 is 5.45. The molecule has 0 spiro atoms. The molecular weight excluding hydrogens is 270 g/mol. The average Bonchev–Trinajstić information content (AvgIpc) is 2.61. The Labute approximate surface area is 131 Å². The van der Waals surface area contributed by atoms with Gasteiger partial charge in [-0.1, -0.05) is 48.5 Å². The molecule has 110 valence electrons. The molecule has 0 N–H and O–H groups in total. The van der Waals surface area contributed by atoms with Crippen LogP contribution in [0.5, 0.6) is 5.75 Å². The number of para-hydroxylation sites is 1. The second-order valence-electron chi connectivity index (χ2n) is 5.22. The SMILES string of the molecule is COc1ccccc1-c1ccnc(CCc2ccccc2)c1. The van der Waals surface area contributed by atoms with Gasteiger partial charge >= 0.3 is 0 Å². The maximum absolute atomic E-state index is 5.45. The molecule has 0 aliphatic rings. The molecule has 3 aromatic rings. The Kier molecular flexibility index (Phi) is 4.50. The van der Waals surface area contributed by atoms with Crippen molar-refractivity contribution in [1.82, 2.24) is 4.98 Å². The van der Waals surface area contributed by atoms with E-state index in [0.717, 1.165) is 35.4 Å². The topological polar surface area (TPSA) is 22.1 Å². The van der Waals surface area contributed by atoms with Crippen molar-refractivity contribution < 1.29 is 4.74 Å². The highest BCUT2D eigenvalue weighted by Crippen LogP contribution is 2.29. The molecule has 2 aromatic carbocycles. The molecule has 0 bridgehead atoms. The van der Waals surface area contributed by atoms with Gasteiger partial charge in [0.2, 0.25) is 0 Å². The van der Waals surface area contributed by atoms with E-state index in [1.165, 1.54) is 5.56 Å². The van der Waals surface area contributed by atoms with Crippen LogP contribution >= 0.6 is 0 Å². The first-order chi connectivity index (χ1) is 10.9. The highest BCUT2D eigenvalue weighted by atomic mass is 16.5. The van der Waals surface area contributed by atoms with E-state index in [2.05, 4.69) is 41.4 Å². The van der Waals surface area contributed by atoms with Gasteiger partial charge in [-0.25, -0.2) is 0 Å². The number of ether oxygens (including phenoxy) is 1. The molecule has 0 saturated heterocycles. The van der Waals surface area contributed by atoms with Crippen LogP contribution in [-0.4, -0.2) is 12.1 Å². The number of hydrogen-bond donors (Lipinski definition) is 0. The largest absolute Gasteiger partial charge is 0.496 e. The zero-order chi connectivity index (χ0) is 15.2. The molecule has 0 saturated carbocycles. The van der Waals surface area contributed by atoms with E-state index in [1.807, 2.05) is 36.5 Å². The highest BCUT2D eigenvalue weighted by molar-refractivity contribution is 5.70. The van der Waals surface area contributed by atoms with Crippen molar-refractivity contribution in [1.29, 1.82) is 0 Å². The summed E-state index contributed by atoms with van der Waals surface area (Å²) in [5.41, 5.74) is 4.70. The predicted molar refractivity (Wildman–Crippen MR) is 90.1 cm³/mol. The predicted octanol–water partition coefficient (Wildman–Crippen LogP) is 4.54. The number of benzene rings is 2. The fraction of sp³-hybridized carbons (Fsp3) is 0.150. The summed E-state index contributed by atoms with van der Waals surface area (Å²) in [7, 11) is 1.70. The fourth-order valence-corrected chi connectivity index (χ4v) is 2.58. The molecule has 3 rings (SSSR count). The van der Waals surface area contributed by atoms with Gasteiger partial charge in [-0.15, -0.1) is 0 Å². The van der Waals surface area contributed by atoms with Crippen LogP contribution in [0.2, 0.25) is 0 Å². The molecule has 0 unspecified atom stereocenters. The lowest BCUT2D eigenvalue weighted by atomic mass is 10.0. The lowest BCUT2D eigenvalue weighted by Crippen LogP contribution is -1.95. The maximum atomic E-state index is 5.45. The van der Waals surface area contributed by atoms with E-state index in [9.17, 15) is 0 Å². The van der Waals surface area contributed by atoms with Gasteiger partial charge in [-0.2, -0.15) is 0 Å². The zero-order valence-electron chi connectivity index (χ0n) is 12.7. The Morgan fingerprint density at radius 3 is 2.45 bits per heavy atom. The molecule has 1 aromatic heterocycles. The zero-order valence-corrected chi connectivity index (χ0v) is 12.7. The standard InChI is InChI=1S/C20H19NO/c1-22-20-10-6-5-9-19(20)17-13-14-21-18(15-17)12-11-16-7-3-2-4-8-16/h2-10,13-15H,11-12H2,1H3. The summed E-state index contributed by atoms with van der Waals surface area (Å²) in [6.45, 7) is 0. The van der Waals surface area contributed by atoms with Gasteiger partial charge in [0.25, 0.3) is 0 Å². The van der Waals surface area contributed by atoms with Crippen LogP contribution in [0.1, 0.15) is 11.3 Å². The van der Waals surface area contributed by atoms with Crippen LogP contribution in [0.4, 0.5) is 0 Å². The highest BCUT2D eigenvalue weighted by Gasteiger charge is 2.06. The van der Waals surface area contributed by atoms with Crippen molar-refractivity contribution >= 4 is 0 Å². The van der Waals surface area contributed by atoms with Gasteiger partial charge in [0.1, 0.15) is 5.75 Å². The minimum atomic E-state index is 0.891. The van der Waals surface area contributed by atoms with Crippen molar-refractivity contribution in [2.24, 2.45) is 0 Å². The minimum Gasteiger partial charge on any atom is -0.496 e. The van der Waals surface area contributed by atoms with Crippen LogP contribution in [0.15, 0.2) is 72.9 Å². The first-order valence-electron chi connectivity index (χ1n) is 7.49. The van der Waals surface area contributed by atoms with Gasteiger partial charge in [0, 0.05) is 17.5 Å². The number of methoxy groups -OCH3 is 1. The third-order valence-corrected chi connectivity index (χ3v) is 3.75. The molecule has 22 heavy (non-hydrogen) atoms. The smallest absolute Gasteiger partial charge is 0.126 e. The van der Waals surface area contributed by atoms with E-state index >= 15 is 0 Å². The molecule has 0 amide bonds. The normalized spacial score (nSPS) is 10.4. The number of aromatic nitrogens is 1. The summed E-state index contributed by atoms with van der Waals surface area (Å²) in [6, 6.07) is 22.8. The first-order valence-corrected chi connectivity index (χ1v) is 7.49. The number of pyridine rings is 1. The van der Waals surface area contributed by atoms with Gasteiger partial charge in [-0.05, 0) is 42.2 Å². The van der Waals surface area contributed by atoms with Crippen molar-refractivity contribution in [2.45, 2.75) is 12.8 Å². The second kappa shape index (κ2) is 6.90. The van der Waals surface area contributed by atoms with E-state index in [-0.39, 0.29) is 0 Å². The van der Waals surface area contributed by atoms with Gasteiger partial charge < -0.3 is 4.74 Å². The molecule has 0 aliphatic carbocycles. The molecule has 2 heteroatoms. The third-order valence-electron chi connectivity index (χ3n) is 3.75. The van der Waals surface area contributed by atoms with E-state index in [4.69, 9.17) is 4.74 Å². The van der Waals surface area contributed by atoms with E-state index in [1.54, 1.807) is 7.11 Å². The molecule has 2 nitrogen and oxygen atoms in total. The number of hydrogen-bond acceptors (Lipinski definition) is 2. The van der Waals surface area contributed by atoms with Crippen LogP contribution in [-0.2, 0) is 12.8 Å². The Balaban J connectivity index is 1.81. The van der Waals surface area contributed by atoms with Gasteiger partial charge in [0.15, 0.2) is 0 Å². The summed E-state index contributed by atoms with van der Waals surface area (Å²) in [6.07, 6.45) is 3.82. The number of aryl methyl sites for hydroxylation is 2. The van der Waals surface area contributed by atoms with Crippen molar-refractivity contribution in [2.75, 3.05) is 7.11 Å². The second-order valence-corrected chi connectivity index (χ2v) is 5.22. The van der Waals surface area contributed by atoms with Crippen molar-refractivity contribution in [3.8, 4) is 16.9 Å². The molecular formula is C20H19NO. The molecule has 0 fully saturated rings. The molecule has 0 aliphatic heterocycles. The molecule has 1 heterocycles. The number of nitrogens with zero attached hydrogens (tertiary/aromatic N) is 1. The van der Waals surface area contributed by atoms with Crippen molar-refractivity contribution in [3.05, 3.63) is 84.2 Å². The van der Waals surface area contributed by atoms with Crippen LogP contribution in [0.25, 0.3) is 11.1 Å². The van der Waals surface area contributed by atoms with Crippen molar-refractivity contribution in [3.63, 3.8) is 0 Å². The van der Waals surface area contributed by atoms with Gasteiger partial charge in [-0.3, -0.25) is 4.98 Å². The summed E-state index contributed by atoms with van der Waals surface area (Å²) >= 11 is 0. The first kappa shape index (κ1) is 14.3. The maximum Gasteiger partial charge on any atom is 0.126 e. The summed E-state index contributed by atoms with van der Waals surface area (Å²) in [5, 5.41) is 0. The summed E-state index contributed by atoms with van der Waals surface area (Å²) in [5.74, 6) is 0.891. The lowest BCUT2D eigenvalue weighted by Gasteiger charge is -2.09. The van der Waals surface area contributed by atoms with Gasteiger partial charge in [0.05, 0.1) is 7.11 Å². The van der Waals surface area contributed by atoms with Crippen LogP contribution in [0.3, 0.4) is 0 Å². The third kappa shape index (κ3) is 3.34. The monoisotopic (exact) mass is 289 g/mol. The fourth-order valence-electron chi connectivity index (χ4n) is 2.58. The quantitative estimate of drug-likeness (QED) is 0.688. The van der Waals surface area contributed by atoms with E-state index < -0.39 is 0 Å². The molecule has 0 atom stereocenters. The van der Waals surface area contributed by atoms with E-state index in [0.29, 0.717) is 0 Å². The minimum absolute atomic E-state index is 0.891. The Morgan fingerprint density at radius 1 is 0.864 bits per heavy atom. The Morgan fingerprint density at radius 2 is 1.64 bits per heavy atom. The Bertz CT molecular complexity index is 737. The summed E-state index contributed by atoms with van der Waals surface area (Å²) in [4.78, 5) is 4.49. The van der Waals surface area contributed by atoms with Crippen LogP contribution in [0, 0.1) is 0 Å². The number of rotatable bonds is 5. The van der Waals surface area contributed by atoms with Crippen LogP contribution < -0.4 is 4.74 Å². The average molecular weight is 289 g/mol. The Hall–Kier alpha value is -2.61.